The largest absolute Gasteiger partial charge is 1.00 e. The summed E-state index contributed by atoms with van der Waals surface area (Å²) in [5, 5.41) is 0. The van der Waals surface area contributed by atoms with Gasteiger partial charge in [-0.2, -0.15) is 8.42 Å². The number of anilines is 1. The van der Waals surface area contributed by atoms with Crippen molar-refractivity contribution in [3.63, 3.8) is 0 Å². The molecule has 0 fully saturated rings. The van der Waals surface area contributed by atoms with Gasteiger partial charge in [0.1, 0.15) is 4.90 Å². The first kappa shape index (κ1) is 63.0. The van der Waals surface area contributed by atoms with Crippen LogP contribution in [0.1, 0.15) is 0 Å². The zero-order chi connectivity index (χ0) is 13.1. The minimum Gasteiger partial charge on any atom is -1.00 e. The first-order valence-electron chi connectivity index (χ1n) is 4.26. The van der Waals surface area contributed by atoms with Crippen molar-refractivity contribution in [3.05, 3.63) is 24.3 Å². The Morgan fingerprint density at radius 1 is 0.926 bits per heavy atom. The number of carbonyl (C=O) groups excluding carboxylic acids is 1. The first-order chi connectivity index (χ1) is 7.81. The third kappa shape index (κ3) is 25.1. The number of carbonyl (C=O) groups is 1. The van der Waals surface area contributed by atoms with Crippen molar-refractivity contribution >= 4 is 29.8 Å². The van der Waals surface area contributed by atoms with Gasteiger partial charge < -0.3 is 38.3 Å². The topological polar surface area (TPSA) is 127 Å². The number of benzene rings is 1. The van der Waals surface area contributed by atoms with Crippen LogP contribution >= 0.6 is 8.03 Å². The summed E-state index contributed by atoms with van der Waals surface area (Å²) < 4.78 is 37.2. The zero-order valence-corrected chi connectivity index (χ0v) is 17.0. The van der Waals surface area contributed by atoms with E-state index in [-0.39, 0.29) is 123 Å². The maximum absolute atomic E-state index is 11.5. The predicted octanol–water partition coefficient (Wildman–Crippen LogP) is -30.4. The van der Waals surface area contributed by atoms with Crippen molar-refractivity contribution in [1.29, 1.82) is 0 Å². The number of rotatable bonds is 4. The fourth-order valence-electron chi connectivity index (χ4n) is 0.937. The third-order valence-electron chi connectivity index (χ3n) is 1.63. The summed E-state index contributed by atoms with van der Waals surface area (Å²) in [6, 6.07) is 4.92. The van der Waals surface area contributed by atoms with Crippen LogP contribution in [0.15, 0.2) is 29.2 Å². The summed E-state index contributed by atoms with van der Waals surface area (Å²) >= 11 is 0. The third-order valence-corrected chi connectivity index (χ3v) is 3.40. The molecular weight excluding hydrogens is 399 g/mol. The second-order valence-corrected chi connectivity index (χ2v) is 5.50. The Bertz CT molecular complexity index is 573. The van der Waals surface area contributed by atoms with Gasteiger partial charge in [0.05, 0.1) is 0 Å². The molecule has 132 valence electrons. The molecule has 0 bridgehead atoms. The monoisotopic (exact) mass is 407 g/mol. The van der Waals surface area contributed by atoms with Gasteiger partial charge in [0, 0.05) is 5.69 Å². The minimum atomic E-state index is -4.29. The second-order valence-electron chi connectivity index (χ2n) is 2.97. The number of hydrogen-bond acceptors (Lipinski definition) is 7. The number of nitrogen functional groups attached to an aromatic ring is 1. The number of hydrogen-bond donors (Lipinski definition) is 1. The average molecular weight is 407 g/mol. The summed E-state index contributed by atoms with van der Waals surface area (Å²) in [6.45, 7) is 0. The summed E-state index contributed by atoms with van der Waals surface area (Å²) in [5.41, 5.74) is 5.70. The SMILES string of the molecule is Nc1ccc(S(=O)(=O)OC(=O)C[P+](=O)[O-])cc1.[F-].[F-].[F-].[F-].[F-].[Li+].[Li+].[Li+].[Li+].[Li+]. The van der Waals surface area contributed by atoms with Gasteiger partial charge in [-0.15, -0.1) is 0 Å². The molecule has 0 heterocycles. The molecule has 0 aromatic heterocycles. The van der Waals surface area contributed by atoms with Crippen molar-refractivity contribution in [2.75, 3.05) is 11.9 Å². The Balaban J connectivity index is -0.0000000361. The van der Waals surface area contributed by atoms with Crippen LogP contribution in [0.25, 0.3) is 0 Å². The molecule has 0 saturated carbocycles. The Labute approximate surface area is 213 Å². The van der Waals surface area contributed by atoms with E-state index in [1.165, 1.54) is 12.1 Å². The van der Waals surface area contributed by atoms with E-state index >= 15 is 0 Å². The van der Waals surface area contributed by atoms with E-state index in [0.717, 1.165) is 12.1 Å². The van der Waals surface area contributed by atoms with Crippen molar-refractivity contribution in [1.82, 2.24) is 0 Å². The Hall–Kier alpha value is 1.14. The van der Waals surface area contributed by atoms with Crippen molar-refractivity contribution in [3.8, 4) is 0 Å². The molecule has 1 unspecified atom stereocenters. The molecule has 0 saturated heterocycles. The van der Waals surface area contributed by atoms with Gasteiger partial charge in [0.2, 0.25) is 6.16 Å². The van der Waals surface area contributed by atoms with E-state index in [9.17, 15) is 22.7 Å². The molecule has 0 spiro atoms. The smallest absolute Gasteiger partial charge is 1.00 e. The molecule has 2 N–H and O–H groups in total. The van der Waals surface area contributed by atoms with E-state index in [1.807, 2.05) is 0 Å². The molecule has 1 aromatic rings. The second kappa shape index (κ2) is 29.3. The maximum atomic E-state index is 11.5. The van der Waals surface area contributed by atoms with E-state index in [1.54, 1.807) is 0 Å². The Kier molecular flexibility index (Phi) is 68.4. The van der Waals surface area contributed by atoms with Gasteiger partial charge in [0.25, 0.3) is 0 Å². The standard InChI is InChI=1S/C8H8NO6PS.5FH.5Li/c9-6-1-3-7(4-2-6)17(13,14)15-8(10)5-16(11)12;;;;;;;;;;/h1-4H,5,9H2;5*1H;;;;;/q;;;;;;5*+1/p-5. The fraction of sp³-hybridized carbons (Fsp3) is 0.125. The zero-order valence-electron chi connectivity index (χ0n) is 15.3. The van der Waals surface area contributed by atoms with Gasteiger partial charge in [-0.1, -0.05) is 4.57 Å². The summed E-state index contributed by atoms with van der Waals surface area (Å²) in [6.07, 6.45) is -0.983. The molecule has 0 amide bonds. The van der Waals surface area contributed by atoms with Crippen LogP contribution < -0.4 is 128 Å². The molecule has 19 heteroatoms. The quantitative estimate of drug-likeness (QED) is 0.173. The summed E-state index contributed by atoms with van der Waals surface area (Å²) in [4.78, 5) is 20.8. The number of halogens is 5. The molecule has 0 aliphatic heterocycles. The van der Waals surface area contributed by atoms with Crippen molar-refractivity contribution < 1.29 is 145 Å². The molecule has 1 atom stereocenters. The minimum absolute atomic E-state index is 0. The molecule has 27 heavy (non-hydrogen) atoms. The fourth-order valence-corrected chi connectivity index (χ4v) is 2.17. The van der Waals surface area contributed by atoms with E-state index < -0.39 is 30.3 Å². The molecular formula is C8H8F5Li5NO6PS. The molecule has 0 aliphatic rings. The van der Waals surface area contributed by atoms with Crippen molar-refractivity contribution in [2.24, 2.45) is 0 Å². The van der Waals surface area contributed by atoms with Crippen LogP contribution in [0.4, 0.5) is 5.69 Å². The predicted molar refractivity (Wildman–Crippen MR) is 56.6 cm³/mol. The first-order valence-corrected chi connectivity index (χ1v) is 7.03. The van der Waals surface area contributed by atoms with Crippen LogP contribution in [0.2, 0.25) is 0 Å². The van der Waals surface area contributed by atoms with Gasteiger partial charge in [0.15, 0.2) is 0 Å². The van der Waals surface area contributed by atoms with E-state index in [0.29, 0.717) is 5.69 Å². The normalized spacial score (nSPS) is 7.52. The molecule has 0 radical (unpaired) electrons. The van der Waals surface area contributed by atoms with Crippen LogP contribution in [-0.2, 0) is 23.7 Å². The molecule has 7 nitrogen and oxygen atoms in total. The molecule has 1 aromatic carbocycles. The van der Waals surface area contributed by atoms with E-state index in [4.69, 9.17) is 5.73 Å². The van der Waals surface area contributed by atoms with Crippen LogP contribution in [0.3, 0.4) is 0 Å². The molecule has 1 rings (SSSR count). The van der Waals surface area contributed by atoms with Crippen LogP contribution in [0, 0.1) is 0 Å². The Morgan fingerprint density at radius 2 is 1.26 bits per heavy atom. The number of nitrogens with two attached hydrogens (primary N) is 1. The molecule has 0 aliphatic carbocycles. The van der Waals surface area contributed by atoms with Crippen LogP contribution in [-0.4, -0.2) is 20.5 Å². The van der Waals surface area contributed by atoms with Gasteiger partial charge >= 0.3 is 118 Å². The summed E-state index contributed by atoms with van der Waals surface area (Å²) in [5.74, 6) is -1.35. The van der Waals surface area contributed by atoms with Gasteiger partial charge in [-0.25, -0.2) is 4.79 Å². The van der Waals surface area contributed by atoms with Crippen molar-refractivity contribution in [2.45, 2.75) is 4.90 Å². The maximum Gasteiger partial charge on any atom is 1.00 e. The average Bonchev–Trinajstić information content (AvgIpc) is 2.15. The van der Waals surface area contributed by atoms with E-state index in [2.05, 4.69) is 4.18 Å². The Morgan fingerprint density at radius 3 is 1.56 bits per heavy atom. The summed E-state index contributed by atoms with van der Waals surface area (Å²) in [7, 11) is -7.32. The van der Waals surface area contributed by atoms with Gasteiger partial charge in [-0.05, 0) is 24.3 Å². The van der Waals surface area contributed by atoms with Gasteiger partial charge in [-0.3, -0.25) is 0 Å². The van der Waals surface area contributed by atoms with Crippen LogP contribution in [0.5, 0.6) is 0 Å².